The maximum absolute atomic E-state index is 12.2. The first-order valence-corrected chi connectivity index (χ1v) is 6.55. The third kappa shape index (κ3) is 2.33. The quantitative estimate of drug-likeness (QED) is 0.750. The summed E-state index contributed by atoms with van der Waals surface area (Å²) in [5.74, 6) is 0. The second-order valence-corrected chi connectivity index (χ2v) is 5.41. The van der Waals surface area contributed by atoms with Crippen molar-refractivity contribution in [2.75, 3.05) is 6.61 Å². The number of allylic oxidation sites excluding steroid dienone is 2. The largest absolute Gasteiger partial charge is 0.361 e. The Morgan fingerprint density at radius 1 is 1.44 bits per heavy atom. The molecule has 1 unspecified atom stereocenters. The monoisotopic (exact) mass is 236 g/mol. The zero-order valence-electron chi connectivity index (χ0n) is 8.83. The van der Waals surface area contributed by atoms with Gasteiger partial charge in [-0.1, -0.05) is 43.0 Å². The van der Waals surface area contributed by atoms with Crippen LogP contribution in [0.3, 0.4) is 0 Å². The molecule has 84 valence electrons. The van der Waals surface area contributed by atoms with Crippen LogP contribution in [0.4, 0.5) is 0 Å². The fourth-order valence-corrected chi connectivity index (χ4v) is 2.93. The second kappa shape index (κ2) is 4.79. The first-order chi connectivity index (χ1) is 7.74. The summed E-state index contributed by atoms with van der Waals surface area (Å²) in [4.78, 5) is 0. The summed E-state index contributed by atoms with van der Waals surface area (Å²) in [5.41, 5.74) is 0.969. The minimum atomic E-state index is -3.10. The molecule has 1 aliphatic rings. The Hall–Kier alpha value is -1.15. The lowest BCUT2D eigenvalue weighted by atomic mass is 10.2. The van der Waals surface area contributed by atoms with Gasteiger partial charge in [-0.15, -0.1) is 0 Å². The van der Waals surface area contributed by atoms with E-state index in [1.54, 1.807) is 6.08 Å². The summed E-state index contributed by atoms with van der Waals surface area (Å²) < 4.78 is 22.7. The van der Waals surface area contributed by atoms with E-state index in [0.717, 1.165) is 5.56 Å². The van der Waals surface area contributed by atoms with Crippen molar-refractivity contribution in [3.63, 3.8) is 0 Å². The second-order valence-electron chi connectivity index (χ2n) is 3.39. The molecule has 1 aromatic carbocycles. The predicted octanol–water partition coefficient (Wildman–Crippen LogP) is 3.50. The van der Waals surface area contributed by atoms with Crippen molar-refractivity contribution in [1.82, 2.24) is 0 Å². The van der Waals surface area contributed by atoms with Gasteiger partial charge in [0, 0.05) is 0 Å². The average Bonchev–Trinajstić information content (AvgIpc) is 2.70. The van der Waals surface area contributed by atoms with E-state index in [2.05, 4.69) is 6.58 Å². The van der Waals surface area contributed by atoms with E-state index >= 15 is 0 Å². The maximum Gasteiger partial charge on any atom is 0.361 e. The highest BCUT2D eigenvalue weighted by atomic mass is 31.2. The van der Waals surface area contributed by atoms with Crippen LogP contribution in [-0.4, -0.2) is 6.61 Å². The van der Waals surface area contributed by atoms with Crippen molar-refractivity contribution in [2.24, 2.45) is 0 Å². The Kier molecular flexibility index (Phi) is 3.39. The molecule has 3 nitrogen and oxygen atoms in total. The van der Waals surface area contributed by atoms with Gasteiger partial charge in [-0.3, -0.25) is 4.57 Å². The summed E-state index contributed by atoms with van der Waals surface area (Å²) in [6.45, 7) is 4.20. The minimum Gasteiger partial charge on any atom is -0.301 e. The molecule has 1 aromatic rings. The standard InChI is InChI=1S/C12H13O3P/c1-2-12-8-9-14-16(12,13)15-10-11-6-4-3-5-7-11/h2-8H,1,9-10H2. The Bertz CT molecular complexity index is 451. The van der Waals surface area contributed by atoms with Crippen molar-refractivity contribution in [1.29, 1.82) is 0 Å². The molecular weight excluding hydrogens is 223 g/mol. The van der Waals surface area contributed by atoms with Crippen LogP contribution >= 0.6 is 7.60 Å². The number of rotatable bonds is 4. The molecule has 0 bridgehead atoms. The summed E-state index contributed by atoms with van der Waals surface area (Å²) in [5, 5.41) is 0.559. The van der Waals surface area contributed by atoms with Gasteiger partial charge in [0.25, 0.3) is 0 Å². The molecule has 16 heavy (non-hydrogen) atoms. The van der Waals surface area contributed by atoms with Crippen LogP contribution < -0.4 is 0 Å². The highest BCUT2D eigenvalue weighted by Crippen LogP contribution is 2.60. The van der Waals surface area contributed by atoms with E-state index in [9.17, 15) is 4.57 Å². The van der Waals surface area contributed by atoms with Gasteiger partial charge in [0.1, 0.15) is 0 Å². The fourth-order valence-electron chi connectivity index (χ4n) is 1.45. The topological polar surface area (TPSA) is 35.5 Å². The van der Waals surface area contributed by atoms with Crippen LogP contribution in [0.25, 0.3) is 0 Å². The molecule has 1 aliphatic heterocycles. The molecule has 0 radical (unpaired) electrons. The molecule has 1 atom stereocenters. The lowest BCUT2D eigenvalue weighted by Gasteiger charge is -2.13. The number of hydrogen-bond donors (Lipinski definition) is 0. The molecule has 1 heterocycles. The summed E-state index contributed by atoms with van der Waals surface area (Å²) >= 11 is 0. The van der Waals surface area contributed by atoms with E-state index in [1.807, 2.05) is 30.3 Å². The molecule has 0 saturated carbocycles. The van der Waals surface area contributed by atoms with Crippen molar-refractivity contribution in [3.05, 3.63) is 59.9 Å². The van der Waals surface area contributed by atoms with Gasteiger partial charge in [-0.2, -0.15) is 0 Å². The van der Waals surface area contributed by atoms with Gasteiger partial charge in [-0.05, 0) is 11.6 Å². The molecule has 0 amide bonds. The van der Waals surface area contributed by atoms with Crippen LogP contribution in [0, 0.1) is 0 Å². The zero-order valence-corrected chi connectivity index (χ0v) is 9.73. The Morgan fingerprint density at radius 2 is 2.19 bits per heavy atom. The Labute approximate surface area is 94.9 Å². The van der Waals surface area contributed by atoms with Crippen LogP contribution in [-0.2, 0) is 20.2 Å². The highest BCUT2D eigenvalue weighted by molar-refractivity contribution is 7.59. The Morgan fingerprint density at radius 3 is 2.88 bits per heavy atom. The molecule has 0 spiro atoms. The maximum atomic E-state index is 12.2. The van der Waals surface area contributed by atoms with E-state index in [0.29, 0.717) is 11.9 Å². The molecule has 2 rings (SSSR count). The first-order valence-electron chi connectivity index (χ1n) is 5.01. The fraction of sp³-hybridized carbons (Fsp3) is 0.167. The third-order valence-electron chi connectivity index (χ3n) is 2.31. The van der Waals surface area contributed by atoms with E-state index in [-0.39, 0.29) is 6.61 Å². The number of hydrogen-bond acceptors (Lipinski definition) is 3. The molecule has 0 N–H and O–H groups in total. The smallest absolute Gasteiger partial charge is 0.301 e. The first kappa shape index (κ1) is 11.3. The van der Waals surface area contributed by atoms with E-state index in [4.69, 9.17) is 9.05 Å². The van der Waals surface area contributed by atoms with Crippen molar-refractivity contribution >= 4 is 7.60 Å². The van der Waals surface area contributed by atoms with E-state index < -0.39 is 7.60 Å². The minimum absolute atomic E-state index is 0.281. The van der Waals surface area contributed by atoms with Crippen LogP contribution in [0.15, 0.2) is 54.4 Å². The van der Waals surface area contributed by atoms with Gasteiger partial charge in [0.15, 0.2) is 0 Å². The summed E-state index contributed by atoms with van der Waals surface area (Å²) in [6, 6.07) is 9.58. The predicted molar refractivity (Wildman–Crippen MR) is 63.1 cm³/mol. The average molecular weight is 236 g/mol. The van der Waals surface area contributed by atoms with Crippen molar-refractivity contribution < 1.29 is 13.6 Å². The molecule has 0 aromatic heterocycles. The van der Waals surface area contributed by atoms with Crippen LogP contribution in [0.5, 0.6) is 0 Å². The molecular formula is C12H13O3P. The summed E-state index contributed by atoms with van der Waals surface area (Å²) in [7, 11) is -3.10. The van der Waals surface area contributed by atoms with E-state index in [1.165, 1.54) is 6.08 Å². The van der Waals surface area contributed by atoms with Crippen LogP contribution in [0.1, 0.15) is 5.56 Å². The molecule has 0 aliphatic carbocycles. The van der Waals surface area contributed by atoms with Crippen LogP contribution in [0.2, 0.25) is 0 Å². The summed E-state index contributed by atoms with van der Waals surface area (Å²) in [6.07, 6.45) is 3.26. The van der Waals surface area contributed by atoms with Gasteiger partial charge < -0.3 is 9.05 Å². The SMILES string of the molecule is C=CC1=CCOP1(=O)OCc1ccccc1. The molecule has 0 fully saturated rings. The third-order valence-corrected chi connectivity index (χ3v) is 4.26. The molecule has 0 saturated heterocycles. The van der Waals surface area contributed by atoms with Gasteiger partial charge in [0.05, 0.1) is 18.5 Å². The van der Waals surface area contributed by atoms with Crippen molar-refractivity contribution in [2.45, 2.75) is 6.61 Å². The zero-order chi connectivity index (χ0) is 11.4. The van der Waals surface area contributed by atoms with Gasteiger partial charge >= 0.3 is 7.60 Å². The molecule has 4 heteroatoms. The lowest BCUT2D eigenvalue weighted by molar-refractivity contribution is 0.226. The van der Waals surface area contributed by atoms with Gasteiger partial charge in [-0.25, -0.2) is 0 Å². The van der Waals surface area contributed by atoms with Crippen molar-refractivity contribution in [3.8, 4) is 0 Å². The van der Waals surface area contributed by atoms with Gasteiger partial charge in [0.2, 0.25) is 0 Å². The highest BCUT2D eigenvalue weighted by Gasteiger charge is 2.32. The Balaban J connectivity index is 2.03. The lowest BCUT2D eigenvalue weighted by Crippen LogP contribution is -1.93. The normalized spacial score (nSPS) is 24.1. The number of benzene rings is 1.